The summed E-state index contributed by atoms with van der Waals surface area (Å²) >= 11 is 0. The third-order valence-corrected chi connectivity index (χ3v) is 9.87. The summed E-state index contributed by atoms with van der Waals surface area (Å²) in [6, 6.07) is 16.4. The second-order valence-corrected chi connectivity index (χ2v) is 12.8. The van der Waals surface area contributed by atoms with Crippen LogP contribution in [0.5, 0.6) is 0 Å². The number of fused-ring (bicyclic) bond motifs is 1. The molecule has 7 atom stereocenters. The number of benzene rings is 2. The van der Waals surface area contributed by atoms with E-state index in [1.807, 2.05) is 67.6 Å². The lowest BCUT2D eigenvalue weighted by Gasteiger charge is -2.39. The number of allylic oxidation sites excluding steroid dienone is 1. The average molecular weight is 658 g/mol. The number of amides is 3. The molecule has 3 amide bonds. The lowest BCUT2D eigenvalue weighted by atomic mass is 9.70. The summed E-state index contributed by atoms with van der Waals surface area (Å²) in [4.78, 5) is 59.2. The van der Waals surface area contributed by atoms with Crippen molar-refractivity contribution < 1.29 is 33.8 Å². The number of unbranched alkanes of at least 4 members (excludes halogenated alkanes) is 1. The minimum Gasteiger partial charge on any atom is -0.455 e. The molecule has 3 heterocycles. The van der Waals surface area contributed by atoms with E-state index in [0.717, 1.165) is 12.8 Å². The van der Waals surface area contributed by atoms with Crippen molar-refractivity contribution in [2.75, 3.05) is 26.2 Å². The number of likely N-dealkylation sites (tertiary alicyclic amines) is 1. The minimum absolute atomic E-state index is 0.0511. The first kappa shape index (κ1) is 35.0. The number of rotatable bonds is 17. The van der Waals surface area contributed by atoms with E-state index in [1.54, 1.807) is 17.1 Å². The molecular formula is C38H47N3O7. The van der Waals surface area contributed by atoms with E-state index in [2.05, 4.69) is 18.5 Å². The van der Waals surface area contributed by atoms with Gasteiger partial charge >= 0.3 is 5.97 Å². The second kappa shape index (κ2) is 15.7. The highest BCUT2D eigenvalue weighted by Crippen LogP contribution is 2.60. The molecule has 0 radical (unpaired) electrons. The van der Waals surface area contributed by atoms with Crippen molar-refractivity contribution >= 4 is 23.7 Å². The number of carbonyl (C=O) groups is 4. The fourth-order valence-corrected chi connectivity index (χ4v) is 7.61. The monoisotopic (exact) mass is 657 g/mol. The second-order valence-electron chi connectivity index (χ2n) is 12.8. The molecule has 0 aliphatic carbocycles. The van der Waals surface area contributed by atoms with Crippen LogP contribution in [0.25, 0.3) is 0 Å². The van der Waals surface area contributed by atoms with Crippen LogP contribution in [0.2, 0.25) is 0 Å². The first-order chi connectivity index (χ1) is 23.3. The molecule has 3 saturated heterocycles. The third kappa shape index (κ3) is 6.82. The molecule has 5 rings (SSSR count). The standard InChI is InChI=1S/C38H47N3O7/c1-4-7-19-31(43)39-24-30(27-17-13-10-14-18-27)47-37(46)32-29-20-21-38(48-29)33(32)35(44)41(28(25-42)26-15-11-9-12-16-26)34(38)36(45)40(22-6-3)23-8-5-2/h4,6,9-18,28-30,32-34,42H,1,3,5,7-8,19-25H2,2H3,(H,39,43)/t28-,29+,30-,32-,33-,34+,38-/m1/s1. The zero-order valence-electron chi connectivity index (χ0n) is 27.7. The maximum absolute atomic E-state index is 14.7. The fraction of sp³-hybridized carbons (Fsp3) is 0.474. The quantitative estimate of drug-likeness (QED) is 0.192. The van der Waals surface area contributed by atoms with E-state index in [-0.39, 0.29) is 24.8 Å². The number of aliphatic hydroxyl groups is 1. The highest BCUT2D eigenvalue weighted by Gasteiger charge is 2.75. The van der Waals surface area contributed by atoms with Crippen molar-refractivity contribution in [2.24, 2.45) is 11.8 Å². The molecule has 0 unspecified atom stereocenters. The van der Waals surface area contributed by atoms with Crippen LogP contribution in [-0.4, -0.2) is 82.6 Å². The van der Waals surface area contributed by atoms with Gasteiger partial charge in [0.15, 0.2) is 0 Å². The third-order valence-electron chi connectivity index (χ3n) is 9.87. The van der Waals surface area contributed by atoms with Gasteiger partial charge in [-0.15, -0.1) is 13.2 Å². The maximum atomic E-state index is 14.7. The predicted molar refractivity (Wildman–Crippen MR) is 180 cm³/mol. The van der Waals surface area contributed by atoms with Gasteiger partial charge in [-0.05, 0) is 36.8 Å². The van der Waals surface area contributed by atoms with Gasteiger partial charge in [-0.3, -0.25) is 19.2 Å². The average Bonchev–Trinajstić information content (AvgIpc) is 3.76. The number of nitrogens with one attached hydrogen (secondary N) is 1. The van der Waals surface area contributed by atoms with Crippen molar-refractivity contribution in [2.45, 2.75) is 75.3 Å². The molecule has 2 aromatic carbocycles. The fourth-order valence-electron chi connectivity index (χ4n) is 7.61. The van der Waals surface area contributed by atoms with Gasteiger partial charge in [0, 0.05) is 19.5 Å². The van der Waals surface area contributed by atoms with E-state index >= 15 is 0 Å². The van der Waals surface area contributed by atoms with E-state index < -0.39 is 60.2 Å². The topological polar surface area (TPSA) is 125 Å². The highest BCUT2D eigenvalue weighted by atomic mass is 16.6. The molecule has 256 valence electrons. The first-order valence-corrected chi connectivity index (χ1v) is 17.0. The smallest absolute Gasteiger partial charge is 0.313 e. The molecule has 48 heavy (non-hydrogen) atoms. The number of hydrogen-bond donors (Lipinski definition) is 2. The van der Waals surface area contributed by atoms with Gasteiger partial charge in [0.05, 0.1) is 37.1 Å². The highest BCUT2D eigenvalue weighted by molar-refractivity contribution is 5.98. The van der Waals surface area contributed by atoms with E-state index in [9.17, 15) is 24.3 Å². The summed E-state index contributed by atoms with van der Waals surface area (Å²) in [6.07, 6.45) is 5.21. The molecule has 2 N–H and O–H groups in total. The Bertz CT molecular complexity index is 1470. The number of aliphatic hydroxyl groups excluding tert-OH is 1. The SMILES string of the molecule is C=CCCC(=O)NC[C@@H](OC(=O)[C@@H]1[C@@H]2CC[C@]3(O2)[C@H](C(=O)N(CC=C)CCCC)N([C@H](CO)c2ccccc2)C(=O)[C@@H]13)c1ccccc1. The van der Waals surface area contributed by atoms with Gasteiger partial charge in [-0.25, -0.2) is 0 Å². The Balaban J connectivity index is 1.49. The van der Waals surface area contributed by atoms with Crippen LogP contribution in [0, 0.1) is 11.8 Å². The van der Waals surface area contributed by atoms with Crippen LogP contribution in [0.15, 0.2) is 86.0 Å². The molecule has 10 nitrogen and oxygen atoms in total. The molecule has 3 aliphatic heterocycles. The van der Waals surface area contributed by atoms with E-state index in [0.29, 0.717) is 43.5 Å². The normalized spacial score (nSPS) is 25.2. The Kier molecular flexibility index (Phi) is 11.5. The van der Waals surface area contributed by atoms with Gasteiger partial charge in [0.25, 0.3) is 0 Å². The summed E-state index contributed by atoms with van der Waals surface area (Å²) in [5, 5.41) is 13.6. The lowest BCUT2D eigenvalue weighted by molar-refractivity contribution is -0.161. The van der Waals surface area contributed by atoms with Crippen molar-refractivity contribution in [1.29, 1.82) is 0 Å². The van der Waals surface area contributed by atoms with Crippen LogP contribution in [0.1, 0.15) is 68.7 Å². The Morgan fingerprint density at radius 1 is 1.10 bits per heavy atom. The van der Waals surface area contributed by atoms with Gasteiger partial charge in [-0.2, -0.15) is 0 Å². The molecule has 1 spiro atoms. The number of hydrogen-bond acceptors (Lipinski definition) is 7. The molecule has 0 aromatic heterocycles. The molecule has 10 heteroatoms. The molecular weight excluding hydrogens is 610 g/mol. The van der Waals surface area contributed by atoms with Crippen LogP contribution in [0.3, 0.4) is 0 Å². The Hall–Kier alpha value is -4.28. The van der Waals surface area contributed by atoms with Crippen LogP contribution < -0.4 is 5.32 Å². The van der Waals surface area contributed by atoms with Crippen LogP contribution >= 0.6 is 0 Å². The summed E-state index contributed by atoms with van der Waals surface area (Å²) in [5.74, 6) is -3.45. The largest absolute Gasteiger partial charge is 0.455 e. The zero-order valence-corrected chi connectivity index (χ0v) is 27.7. The molecule has 2 bridgehead atoms. The molecule has 0 saturated carbocycles. The van der Waals surface area contributed by atoms with Crippen molar-refractivity contribution in [3.05, 3.63) is 97.1 Å². The van der Waals surface area contributed by atoms with Gasteiger partial charge < -0.3 is 29.7 Å². The number of nitrogens with zero attached hydrogens (tertiary/aromatic N) is 2. The van der Waals surface area contributed by atoms with Gasteiger partial charge in [0.2, 0.25) is 17.7 Å². The minimum atomic E-state index is -1.27. The van der Waals surface area contributed by atoms with Gasteiger partial charge in [0.1, 0.15) is 17.7 Å². The lowest BCUT2D eigenvalue weighted by Crippen LogP contribution is -2.57. The Morgan fingerprint density at radius 2 is 1.79 bits per heavy atom. The van der Waals surface area contributed by atoms with Crippen molar-refractivity contribution in [1.82, 2.24) is 15.1 Å². The molecule has 3 fully saturated rings. The predicted octanol–water partition coefficient (Wildman–Crippen LogP) is 4.28. The van der Waals surface area contributed by atoms with Gasteiger partial charge in [-0.1, -0.05) is 86.2 Å². The first-order valence-electron chi connectivity index (χ1n) is 17.0. The van der Waals surface area contributed by atoms with Crippen molar-refractivity contribution in [3.8, 4) is 0 Å². The molecule has 2 aromatic rings. The summed E-state index contributed by atoms with van der Waals surface area (Å²) < 4.78 is 12.8. The number of carbonyl (C=O) groups excluding carboxylic acids is 4. The summed E-state index contributed by atoms with van der Waals surface area (Å²) in [7, 11) is 0. The van der Waals surface area contributed by atoms with Crippen molar-refractivity contribution in [3.63, 3.8) is 0 Å². The number of esters is 1. The maximum Gasteiger partial charge on any atom is 0.313 e. The van der Waals surface area contributed by atoms with E-state index in [4.69, 9.17) is 9.47 Å². The Labute approximate surface area is 282 Å². The van der Waals surface area contributed by atoms with E-state index in [1.165, 1.54) is 4.90 Å². The summed E-state index contributed by atoms with van der Waals surface area (Å²) in [5.41, 5.74) is 0.107. The molecule has 3 aliphatic rings. The summed E-state index contributed by atoms with van der Waals surface area (Å²) in [6.45, 7) is 9.96. The van der Waals surface area contributed by atoms with Crippen LogP contribution in [0.4, 0.5) is 0 Å². The van der Waals surface area contributed by atoms with Crippen LogP contribution in [-0.2, 0) is 28.7 Å². The zero-order chi connectivity index (χ0) is 34.3. The number of ether oxygens (including phenoxy) is 2. The Morgan fingerprint density at radius 3 is 2.42 bits per heavy atom.